The third-order valence-electron chi connectivity index (χ3n) is 3.26. The number of fused-ring (bicyclic) bond motifs is 1. The average molecular weight is 298 g/mol. The van der Waals surface area contributed by atoms with Crippen LogP contribution in [0.1, 0.15) is 11.4 Å². The monoisotopic (exact) mass is 298 g/mol. The summed E-state index contributed by atoms with van der Waals surface area (Å²) in [7, 11) is 1.67. The van der Waals surface area contributed by atoms with Gasteiger partial charge in [0.2, 0.25) is 4.77 Å². The van der Waals surface area contributed by atoms with Crippen molar-refractivity contribution in [2.75, 3.05) is 7.11 Å². The predicted molar refractivity (Wildman–Crippen MR) is 85.6 cm³/mol. The van der Waals surface area contributed by atoms with E-state index >= 15 is 0 Å². The molecule has 106 valence electrons. The quantitative estimate of drug-likeness (QED) is 0.596. The Morgan fingerprint density at radius 1 is 1.24 bits per heavy atom. The van der Waals surface area contributed by atoms with E-state index in [4.69, 9.17) is 17.0 Å². The highest BCUT2D eigenvalue weighted by molar-refractivity contribution is 7.71. The molecule has 1 heterocycles. The van der Waals surface area contributed by atoms with Crippen molar-refractivity contribution in [1.82, 2.24) is 14.9 Å². The Kier molecular flexibility index (Phi) is 3.53. The van der Waals surface area contributed by atoms with E-state index in [9.17, 15) is 0 Å². The van der Waals surface area contributed by atoms with E-state index in [0.29, 0.717) is 10.6 Å². The normalized spacial score (nSPS) is 11.3. The summed E-state index contributed by atoms with van der Waals surface area (Å²) in [6, 6.07) is 12.0. The summed E-state index contributed by atoms with van der Waals surface area (Å²) in [6.45, 7) is 1.84. The van der Waals surface area contributed by atoms with E-state index in [2.05, 4.69) is 15.3 Å². The standard InChI is InChI=1S/C15H14N4OS/c1-10-17-18-15(21)19(10)16-9-11-7-8-14(20-2)13-6-4-3-5-12(11)13/h3-9H,1-2H3,(H,18,21)/b16-9-. The lowest BCUT2D eigenvalue weighted by molar-refractivity contribution is 0.420. The van der Waals surface area contributed by atoms with Crippen molar-refractivity contribution in [3.8, 4) is 5.75 Å². The van der Waals surface area contributed by atoms with E-state index in [1.54, 1.807) is 18.0 Å². The van der Waals surface area contributed by atoms with Crippen LogP contribution in [0.4, 0.5) is 0 Å². The SMILES string of the molecule is COc1ccc(/C=N\n2c(C)n[nH]c2=S)c2ccccc12. The molecule has 0 atom stereocenters. The van der Waals surface area contributed by atoms with Gasteiger partial charge < -0.3 is 4.74 Å². The van der Waals surface area contributed by atoms with Crippen molar-refractivity contribution in [3.05, 3.63) is 52.6 Å². The molecule has 0 saturated carbocycles. The Hall–Kier alpha value is -2.47. The molecule has 21 heavy (non-hydrogen) atoms. The van der Waals surface area contributed by atoms with Crippen LogP contribution in [0.5, 0.6) is 5.75 Å². The lowest BCUT2D eigenvalue weighted by Crippen LogP contribution is -1.95. The van der Waals surface area contributed by atoms with Crippen molar-refractivity contribution < 1.29 is 4.74 Å². The van der Waals surface area contributed by atoms with Gasteiger partial charge in [-0.05, 0) is 36.7 Å². The van der Waals surface area contributed by atoms with Gasteiger partial charge in [0.05, 0.1) is 13.3 Å². The van der Waals surface area contributed by atoms with E-state index in [1.165, 1.54) is 0 Å². The third kappa shape index (κ3) is 2.45. The number of aromatic amines is 1. The minimum absolute atomic E-state index is 0.474. The molecule has 0 aliphatic carbocycles. The second kappa shape index (κ2) is 5.49. The Bertz CT molecular complexity index is 879. The minimum atomic E-state index is 0.474. The summed E-state index contributed by atoms with van der Waals surface area (Å²) in [6.07, 6.45) is 1.78. The van der Waals surface area contributed by atoms with Gasteiger partial charge in [0.1, 0.15) is 11.6 Å². The maximum Gasteiger partial charge on any atom is 0.216 e. The number of methoxy groups -OCH3 is 1. The summed E-state index contributed by atoms with van der Waals surface area (Å²) in [5, 5.41) is 13.3. The molecule has 0 bridgehead atoms. The second-order valence-corrected chi connectivity index (χ2v) is 4.92. The van der Waals surface area contributed by atoms with Gasteiger partial charge in [-0.1, -0.05) is 24.3 Å². The van der Waals surface area contributed by atoms with Gasteiger partial charge in [-0.15, -0.1) is 0 Å². The molecule has 0 spiro atoms. The van der Waals surface area contributed by atoms with Crippen LogP contribution in [0.25, 0.3) is 10.8 Å². The van der Waals surface area contributed by atoms with Crippen LogP contribution in [0.15, 0.2) is 41.5 Å². The summed E-state index contributed by atoms with van der Waals surface area (Å²) in [4.78, 5) is 0. The fourth-order valence-electron chi connectivity index (χ4n) is 2.21. The van der Waals surface area contributed by atoms with Crippen LogP contribution in [0.3, 0.4) is 0 Å². The number of nitrogens with zero attached hydrogens (tertiary/aromatic N) is 3. The number of rotatable bonds is 3. The molecule has 3 rings (SSSR count). The van der Waals surface area contributed by atoms with E-state index in [0.717, 1.165) is 22.1 Å². The van der Waals surface area contributed by atoms with Crippen LogP contribution in [0.2, 0.25) is 0 Å². The van der Waals surface area contributed by atoms with Crippen molar-refractivity contribution in [3.63, 3.8) is 0 Å². The molecule has 0 aliphatic heterocycles. The zero-order valence-corrected chi connectivity index (χ0v) is 12.5. The number of aryl methyl sites for hydroxylation is 1. The number of benzene rings is 2. The molecule has 0 radical (unpaired) electrons. The van der Waals surface area contributed by atoms with Gasteiger partial charge in [-0.2, -0.15) is 14.9 Å². The molecule has 0 aliphatic rings. The Morgan fingerprint density at radius 2 is 2.00 bits per heavy atom. The largest absolute Gasteiger partial charge is 0.496 e. The number of H-pyrrole nitrogens is 1. The van der Waals surface area contributed by atoms with Crippen LogP contribution in [-0.2, 0) is 0 Å². The van der Waals surface area contributed by atoms with Crippen molar-refractivity contribution >= 4 is 29.2 Å². The first-order valence-corrected chi connectivity index (χ1v) is 6.85. The number of nitrogens with one attached hydrogen (secondary N) is 1. The number of aromatic nitrogens is 3. The van der Waals surface area contributed by atoms with Gasteiger partial charge in [-0.25, -0.2) is 0 Å². The van der Waals surface area contributed by atoms with Crippen molar-refractivity contribution in [2.24, 2.45) is 5.10 Å². The molecule has 0 amide bonds. The van der Waals surface area contributed by atoms with Gasteiger partial charge >= 0.3 is 0 Å². The molecule has 0 saturated heterocycles. The van der Waals surface area contributed by atoms with Crippen LogP contribution < -0.4 is 4.74 Å². The van der Waals surface area contributed by atoms with E-state index in [1.807, 2.05) is 43.3 Å². The van der Waals surface area contributed by atoms with Crippen molar-refractivity contribution in [1.29, 1.82) is 0 Å². The number of hydrogen-bond acceptors (Lipinski definition) is 4. The number of ether oxygens (including phenoxy) is 1. The Labute approximate surface area is 126 Å². The van der Waals surface area contributed by atoms with Crippen LogP contribution in [-0.4, -0.2) is 28.2 Å². The molecular weight excluding hydrogens is 284 g/mol. The minimum Gasteiger partial charge on any atom is -0.496 e. The summed E-state index contributed by atoms with van der Waals surface area (Å²) in [5.41, 5.74) is 0.994. The highest BCUT2D eigenvalue weighted by Gasteiger charge is 2.05. The smallest absolute Gasteiger partial charge is 0.216 e. The van der Waals surface area contributed by atoms with Gasteiger partial charge in [-0.3, -0.25) is 5.10 Å². The average Bonchev–Trinajstić information content (AvgIpc) is 2.83. The van der Waals surface area contributed by atoms with Crippen LogP contribution in [0, 0.1) is 11.7 Å². The third-order valence-corrected chi connectivity index (χ3v) is 3.53. The maximum absolute atomic E-state index is 5.39. The zero-order chi connectivity index (χ0) is 14.8. The molecular formula is C15H14N4OS. The maximum atomic E-state index is 5.39. The van der Waals surface area contributed by atoms with E-state index < -0.39 is 0 Å². The first-order chi connectivity index (χ1) is 10.2. The van der Waals surface area contributed by atoms with Gasteiger partial charge in [0, 0.05) is 10.9 Å². The lowest BCUT2D eigenvalue weighted by Gasteiger charge is -2.07. The number of hydrogen-bond donors (Lipinski definition) is 1. The summed E-state index contributed by atoms with van der Waals surface area (Å²) < 4.78 is 7.45. The Morgan fingerprint density at radius 3 is 2.67 bits per heavy atom. The van der Waals surface area contributed by atoms with Gasteiger partial charge in [0.25, 0.3) is 0 Å². The molecule has 0 unspecified atom stereocenters. The molecule has 1 N–H and O–H groups in total. The topological polar surface area (TPSA) is 55.2 Å². The predicted octanol–water partition coefficient (Wildman–Crippen LogP) is 3.29. The fourth-order valence-corrected chi connectivity index (χ4v) is 2.44. The van der Waals surface area contributed by atoms with Gasteiger partial charge in [0.15, 0.2) is 0 Å². The second-order valence-electron chi connectivity index (χ2n) is 4.53. The van der Waals surface area contributed by atoms with Crippen LogP contribution >= 0.6 is 12.2 Å². The summed E-state index contributed by atoms with van der Waals surface area (Å²) >= 11 is 5.13. The molecule has 5 nitrogen and oxygen atoms in total. The Balaban J connectivity index is 2.12. The zero-order valence-electron chi connectivity index (χ0n) is 11.7. The molecule has 0 fully saturated rings. The summed E-state index contributed by atoms with van der Waals surface area (Å²) in [5.74, 6) is 1.56. The first-order valence-electron chi connectivity index (χ1n) is 6.45. The highest BCUT2D eigenvalue weighted by atomic mass is 32.1. The molecule has 3 aromatic rings. The highest BCUT2D eigenvalue weighted by Crippen LogP contribution is 2.27. The van der Waals surface area contributed by atoms with E-state index in [-0.39, 0.29) is 0 Å². The van der Waals surface area contributed by atoms with Crippen molar-refractivity contribution in [2.45, 2.75) is 6.92 Å². The fraction of sp³-hybridized carbons (Fsp3) is 0.133. The first kappa shape index (κ1) is 13.5. The molecule has 1 aromatic heterocycles. The molecule has 6 heteroatoms. The molecule has 2 aromatic carbocycles. The lowest BCUT2D eigenvalue weighted by atomic mass is 10.0.